The Kier molecular flexibility index (Phi) is 5.29. The molecule has 1 rings (SSSR count). The quantitative estimate of drug-likeness (QED) is 0.403. The molecule has 5 heteroatoms. The van der Waals surface area contributed by atoms with Gasteiger partial charge < -0.3 is 10.2 Å². The van der Waals surface area contributed by atoms with Crippen LogP contribution in [0.15, 0.2) is 0 Å². The van der Waals surface area contributed by atoms with Crippen LogP contribution in [0.2, 0.25) is 0 Å². The number of hydrogen-bond donors (Lipinski definition) is 1. The second-order valence-electron chi connectivity index (χ2n) is 3.70. The summed E-state index contributed by atoms with van der Waals surface area (Å²) in [5.74, 6) is 0. The van der Waals surface area contributed by atoms with E-state index >= 15 is 0 Å². The SMILES string of the molecule is O=[N+]([O-])OCCCCC1CCCCN1. The van der Waals surface area contributed by atoms with E-state index in [4.69, 9.17) is 0 Å². The van der Waals surface area contributed by atoms with Gasteiger partial charge in [0.2, 0.25) is 0 Å². The molecule has 0 bridgehead atoms. The monoisotopic (exact) mass is 202 g/mol. The van der Waals surface area contributed by atoms with Gasteiger partial charge in [-0.3, -0.25) is 0 Å². The van der Waals surface area contributed by atoms with Gasteiger partial charge in [0.15, 0.2) is 0 Å². The molecule has 0 spiro atoms. The number of hydrogen-bond acceptors (Lipinski definition) is 4. The number of nitrogens with one attached hydrogen (secondary N) is 1. The molecule has 1 aliphatic heterocycles. The van der Waals surface area contributed by atoms with Crippen molar-refractivity contribution in [3.8, 4) is 0 Å². The predicted molar refractivity (Wildman–Crippen MR) is 52.4 cm³/mol. The Bertz CT molecular complexity index is 169. The zero-order valence-electron chi connectivity index (χ0n) is 8.41. The highest BCUT2D eigenvalue weighted by atomic mass is 16.9. The van der Waals surface area contributed by atoms with E-state index in [0.29, 0.717) is 6.04 Å². The van der Waals surface area contributed by atoms with E-state index in [1.165, 1.54) is 19.3 Å². The lowest BCUT2D eigenvalue weighted by Crippen LogP contribution is -2.33. The third-order valence-electron chi connectivity index (χ3n) is 2.56. The van der Waals surface area contributed by atoms with E-state index in [2.05, 4.69) is 10.2 Å². The Balaban J connectivity index is 1.90. The van der Waals surface area contributed by atoms with Crippen LogP contribution in [0.4, 0.5) is 0 Å². The van der Waals surface area contributed by atoms with Crippen molar-refractivity contribution < 1.29 is 9.92 Å². The van der Waals surface area contributed by atoms with Gasteiger partial charge in [0.05, 0.1) is 6.61 Å². The van der Waals surface area contributed by atoms with E-state index in [-0.39, 0.29) is 6.61 Å². The minimum atomic E-state index is -0.723. The molecular weight excluding hydrogens is 184 g/mol. The fourth-order valence-corrected chi connectivity index (χ4v) is 1.80. The van der Waals surface area contributed by atoms with Crippen molar-refractivity contribution in [2.75, 3.05) is 13.2 Å². The summed E-state index contributed by atoms with van der Waals surface area (Å²) < 4.78 is 0. The van der Waals surface area contributed by atoms with Crippen molar-refractivity contribution in [1.82, 2.24) is 5.32 Å². The van der Waals surface area contributed by atoms with Crippen molar-refractivity contribution in [1.29, 1.82) is 0 Å². The molecule has 1 heterocycles. The van der Waals surface area contributed by atoms with Crippen LogP contribution in [-0.2, 0) is 4.84 Å². The van der Waals surface area contributed by atoms with Gasteiger partial charge in [0.1, 0.15) is 0 Å². The summed E-state index contributed by atoms with van der Waals surface area (Å²) in [6, 6.07) is 0.624. The normalized spacial score (nSPS) is 21.9. The van der Waals surface area contributed by atoms with Gasteiger partial charge in [-0.2, -0.15) is 0 Å². The van der Waals surface area contributed by atoms with Gasteiger partial charge in [-0.25, -0.2) is 0 Å². The zero-order chi connectivity index (χ0) is 10.2. The minimum Gasteiger partial charge on any atom is -0.314 e. The highest BCUT2D eigenvalue weighted by Crippen LogP contribution is 2.12. The molecule has 1 unspecified atom stereocenters. The molecule has 1 aliphatic rings. The molecule has 0 radical (unpaired) electrons. The molecule has 1 atom stereocenters. The van der Waals surface area contributed by atoms with Crippen LogP contribution in [-0.4, -0.2) is 24.3 Å². The van der Waals surface area contributed by atoms with Crippen LogP contribution < -0.4 is 5.32 Å². The summed E-state index contributed by atoms with van der Waals surface area (Å²) in [5.41, 5.74) is 0. The first-order valence-electron chi connectivity index (χ1n) is 5.30. The molecule has 1 saturated heterocycles. The topological polar surface area (TPSA) is 64.4 Å². The summed E-state index contributed by atoms with van der Waals surface area (Å²) >= 11 is 0. The van der Waals surface area contributed by atoms with Gasteiger partial charge >= 0.3 is 0 Å². The standard InChI is InChI=1S/C9H18N2O3/c12-11(13)14-8-4-2-6-9-5-1-3-7-10-9/h9-10H,1-8H2. The summed E-state index contributed by atoms with van der Waals surface area (Å²) in [5, 5.41) is 12.6. The Morgan fingerprint density at radius 2 is 2.29 bits per heavy atom. The number of unbranched alkanes of at least 4 members (excludes halogenated alkanes) is 1. The lowest BCUT2D eigenvalue weighted by molar-refractivity contribution is -0.757. The second-order valence-corrected chi connectivity index (χ2v) is 3.70. The van der Waals surface area contributed by atoms with Crippen LogP contribution in [0.3, 0.4) is 0 Å². The van der Waals surface area contributed by atoms with Crippen molar-refractivity contribution in [3.63, 3.8) is 0 Å². The fourth-order valence-electron chi connectivity index (χ4n) is 1.80. The van der Waals surface area contributed by atoms with Gasteiger partial charge in [0.25, 0.3) is 5.09 Å². The van der Waals surface area contributed by atoms with E-state index in [1.807, 2.05) is 0 Å². The number of piperidine rings is 1. The molecule has 0 amide bonds. The molecule has 1 fully saturated rings. The van der Waals surface area contributed by atoms with Crippen LogP contribution in [0.5, 0.6) is 0 Å². The summed E-state index contributed by atoms with van der Waals surface area (Å²) in [4.78, 5) is 14.1. The molecule has 14 heavy (non-hydrogen) atoms. The highest BCUT2D eigenvalue weighted by Gasteiger charge is 2.11. The number of rotatable bonds is 6. The molecule has 82 valence electrons. The maximum atomic E-state index is 9.84. The van der Waals surface area contributed by atoms with Crippen molar-refractivity contribution >= 4 is 0 Å². The average molecular weight is 202 g/mol. The Labute approximate surface area is 83.9 Å². The maximum Gasteiger partial charge on any atom is 0.294 e. The van der Waals surface area contributed by atoms with Crippen LogP contribution in [0, 0.1) is 10.1 Å². The third-order valence-corrected chi connectivity index (χ3v) is 2.56. The maximum absolute atomic E-state index is 9.84. The summed E-state index contributed by atoms with van der Waals surface area (Å²) in [7, 11) is 0. The Morgan fingerprint density at radius 3 is 2.93 bits per heavy atom. The molecule has 0 saturated carbocycles. The second kappa shape index (κ2) is 6.59. The first-order valence-corrected chi connectivity index (χ1v) is 5.30. The number of nitrogens with zero attached hydrogens (tertiary/aromatic N) is 1. The lowest BCUT2D eigenvalue weighted by atomic mass is 10.00. The summed E-state index contributed by atoms with van der Waals surface area (Å²) in [6.07, 6.45) is 6.73. The van der Waals surface area contributed by atoms with Crippen molar-refractivity contribution in [3.05, 3.63) is 10.1 Å². The third kappa shape index (κ3) is 5.01. The molecule has 0 aromatic carbocycles. The molecule has 0 aromatic heterocycles. The van der Waals surface area contributed by atoms with E-state index in [0.717, 1.165) is 25.8 Å². The van der Waals surface area contributed by atoms with Crippen LogP contribution >= 0.6 is 0 Å². The molecule has 1 N–H and O–H groups in total. The minimum absolute atomic E-state index is 0.236. The first kappa shape index (κ1) is 11.2. The Morgan fingerprint density at radius 1 is 1.43 bits per heavy atom. The van der Waals surface area contributed by atoms with Gasteiger partial charge in [0, 0.05) is 6.04 Å². The molecule has 5 nitrogen and oxygen atoms in total. The van der Waals surface area contributed by atoms with Gasteiger partial charge in [-0.05, 0) is 38.6 Å². The van der Waals surface area contributed by atoms with Crippen molar-refractivity contribution in [2.45, 2.75) is 44.6 Å². The largest absolute Gasteiger partial charge is 0.314 e. The van der Waals surface area contributed by atoms with E-state index in [1.54, 1.807) is 0 Å². The average Bonchev–Trinajstić information content (AvgIpc) is 2.18. The first-order chi connectivity index (χ1) is 6.79. The highest BCUT2D eigenvalue weighted by molar-refractivity contribution is 4.71. The van der Waals surface area contributed by atoms with Crippen molar-refractivity contribution in [2.24, 2.45) is 0 Å². The van der Waals surface area contributed by atoms with Crippen LogP contribution in [0.25, 0.3) is 0 Å². The fraction of sp³-hybridized carbons (Fsp3) is 1.00. The van der Waals surface area contributed by atoms with E-state index in [9.17, 15) is 10.1 Å². The van der Waals surface area contributed by atoms with E-state index < -0.39 is 5.09 Å². The molecule has 0 aliphatic carbocycles. The smallest absolute Gasteiger partial charge is 0.294 e. The van der Waals surface area contributed by atoms with Crippen LogP contribution in [0.1, 0.15) is 38.5 Å². The lowest BCUT2D eigenvalue weighted by Gasteiger charge is -2.23. The molecule has 0 aromatic rings. The Hall–Kier alpha value is -0.840. The zero-order valence-corrected chi connectivity index (χ0v) is 8.41. The van der Waals surface area contributed by atoms with Gasteiger partial charge in [-0.15, -0.1) is 10.1 Å². The predicted octanol–water partition coefficient (Wildman–Crippen LogP) is 1.51. The van der Waals surface area contributed by atoms with Gasteiger partial charge in [-0.1, -0.05) is 6.42 Å². The summed E-state index contributed by atoms with van der Waals surface area (Å²) in [6.45, 7) is 1.36. The molecular formula is C9H18N2O3.